The van der Waals surface area contributed by atoms with Crippen LogP contribution in [0.15, 0.2) is 89.7 Å². The molecule has 208 valence electrons. The van der Waals surface area contributed by atoms with Gasteiger partial charge in [-0.25, -0.2) is 4.98 Å². The Bertz CT molecular complexity index is 1850. The number of carbonyl (C=O) groups excluding carboxylic acids is 1. The molecule has 0 fully saturated rings. The fraction of sp³-hybridized carbons (Fsp3) is 0.219. The van der Waals surface area contributed by atoms with E-state index in [1.54, 1.807) is 27.7 Å². The smallest absolute Gasteiger partial charge is 0.270 e. The van der Waals surface area contributed by atoms with E-state index in [2.05, 4.69) is 13.8 Å². The van der Waals surface area contributed by atoms with Crippen LogP contribution in [0.2, 0.25) is 5.02 Å². The molecular weight excluding hydrogens is 540 g/mol. The highest BCUT2D eigenvalue weighted by Crippen LogP contribution is 2.30. The standard InChI is InChI=1S/C32H29ClN4O4/c1-20(2)16-17-35(31(38)26-15-14-25(37(40)41)19-28(26)33)21(3)30-34-29-11-7-6-10-27(29)32(39)36(30)24-13-12-22-8-4-5-9-23(22)18-24/h4-15,18-21H,16-17H2,1-3H3. The lowest BCUT2D eigenvalue weighted by atomic mass is 10.1. The zero-order valence-corrected chi connectivity index (χ0v) is 23.7. The molecule has 0 saturated carbocycles. The fourth-order valence-corrected chi connectivity index (χ4v) is 5.20. The molecule has 41 heavy (non-hydrogen) atoms. The van der Waals surface area contributed by atoms with Gasteiger partial charge in [-0.3, -0.25) is 24.3 Å². The number of benzene rings is 4. The lowest BCUT2D eigenvalue weighted by Gasteiger charge is -2.31. The van der Waals surface area contributed by atoms with Gasteiger partial charge < -0.3 is 4.90 Å². The van der Waals surface area contributed by atoms with Crippen LogP contribution in [0.3, 0.4) is 0 Å². The molecule has 0 bridgehead atoms. The molecule has 0 aliphatic heterocycles. The molecule has 9 heteroatoms. The van der Waals surface area contributed by atoms with Gasteiger partial charge in [-0.1, -0.05) is 67.9 Å². The normalized spacial score (nSPS) is 12.1. The molecule has 0 aliphatic carbocycles. The van der Waals surface area contributed by atoms with Crippen molar-refractivity contribution in [1.29, 1.82) is 0 Å². The third-order valence-corrected chi connectivity index (χ3v) is 7.55. The predicted octanol–water partition coefficient (Wildman–Crippen LogP) is 7.35. The Hall–Kier alpha value is -4.56. The molecule has 1 unspecified atom stereocenters. The lowest BCUT2D eigenvalue weighted by Crippen LogP contribution is -2.38. The van der Waals surface area contributed by atoms with Crippen molar-refractivity contribution in [3.05, 3.63) is 122 Å². The molecule has 1 atom stereocenters. The number of nitrogens with zero attached hydrogens (tertiary/aromatic N) is 4. The third kappa shape index (κ3) is 5.56. The number of halogens is 1. The molecule has 0 N–H and O–H groups in total. The summed E-state index contributed by atoms with van der Waals surface area (Å²) in [5.41, 5.74) is 0.875. The molecule has 8 nitrogen and oxygen atoms in total. The van der Waals surface area contributed by atoms with Crippen LogP contribution in [-0.2, 0) is 0 Å². The number of rotatable bonds is 8. The average molecular weight is 569 g/mol. The molecule has 1 amide bonds. The maximum absolute atomic E-state index is 14.0. The van der Waals surface area contributed by atoms with Crippen LogP contribution in [0.4, 0.5) is 5.69 Å². The van der Waals surface area contributed by atoms with Crippen molar-refractivity contribution >= 4 is 44.9 Å². The van der Waals surface area contributed by atoms with Gasteiger partial charge in [-0.05, 0) is 60.4 Å². The van der Waals surface area contributed by atoms with Crippen molar-refractivity contribution in [3.8, 4) is 5.69 Å². The SMILES string of the molecule is CC(C)CCN(C(=O)c1ccc([N+](=O)[O-])cc1Cl)C(C)c1nc2ccccc2c(=O)n1-c1ccc2ccccc2c1. The molecule has 0 spiro atoms. The molecular formula is C32H29ClN4O4. The summed E-state index contributed by atoms with van der Waals surface area (Å²) in [6.45, 7) is 6.33. The third-order valence-electron chi connectivity index (χ3n) is 7.24. The van der Waals surface area contributed by atoms with Crippen molar-refractivity contribution in [2.45, 2.75) is 33.2 Å². The zero-order chi connectivity index (χ0) is 29.3. The molecule has 4 aromatic carbocycles. The molecule has 1 heterocycles. The Morgan fingerprint density at radius 1 is 0.976 bits per heavy atom. The minimum atomic E-state index is -0.642. The molecule has 0 radical (unpaired) electrons. The number of aromatic nitrogens is 2. The van der Waals surface area contributed by atoms with E-state index >= 15 is 0 Å². The van der Waals surface area contributed by atoms with E-state index in [1.807, 2.05) is 55.5 Å². The van der Waals surface area contributed by atoms with Gasteiger partial charge in [0.15, 0.2) is 0 Å². The van der Waals surface area contributed by atoms with Crippen LogP contribution < -0.4 is 5.56 Å². The number of fused-ring (bicyclic) bond motifs is 2. The Morgan fingerprint density at radius 2 is 1.68 bits per heavy atom. The van der Waals surface area contributed by atoms with Crippen molar-refractivity contribution in [2.75, 3.05) is 6.54 Å². The Labute approximate surface area is 242 Å². The van der Waals surface area contributed by atoms with E-state index in [0.29, 0.717) is 35.4 Å². The predicted molar refractivity (Wildman–Crippen MR) is 162 cm³/mol. The van der Waals surface area contributed by atoms with Gasteiger partial charge in [0.05, 0.1) is 38.1 Å². The monoisotopic (exact) mass is 568 g/mol. The molecule has 5 rings (SSSR count). The maximum atomic E-state index is 14.0. The zero-order valence-electron chi connectivity index (χ0n) is 23.0. The second kappa shape index (κ2) is 11.5. The Kier molecular flexibility index (Phi) is 7.85. The summed E-state index contributed by atoms with van der Waals surface area (Å²) in [6, 6.07) is 24.0. The molecule has 0 saturated heterocycles. The summed E-state index contributed by atoms with van der Waals surface area (Å²) >= 11 is 6.39. The topological polar surface area (TPSA) is 98.3 Å². The van der Waals surface area contributed by atoms with Crippen LogP contribution in [0.1, 0.15) is 49.4 Å². The van der Waals surface area contributed by atoms with E-state index in [9.17, 15) is 19.7 Å². The summed E-state index contributed by atoms with van der Waals surface area (Å²) < 4.78 is 1.58. The highest BCUT2D eigenvalue weighted by molar-refractivity contribution is 6.34. The number of carbonyl (C=O) groups is 1. The van der Waals surface area contributed by atoms with Gasteiger partial charge >= 0.3 is 0 Å². The van der Waals surface area contributed by atoms with Crippen molar-refractivity contribution in [2.24, 2.45) is 5.92 Å². The number of para-hydroxylation sites is 1. The number of nitro benzene ring substituents is 1. The highest BCUT2D eigenvalue weighted by atomic mass is 35.5. The van der Waals surface area contributed by atoms with Crippen LogP contribution in [-0.4, -0.2) is 31.8 Å². The number of non-ortho nitro benzene ring substituents is 1. The van der Waals surface area contributed by atoms with Gasteiger partial charge in [0.1, 0.15) is 5.82 Å². The maximum Gasteiger partial charge on any atom is 0.270 e. The van der Waals surface area contributed by atoms with Crippen LogP contribution in [0, 0.1) is 16.0 Å². The number of nitro groups is 1. The van der Waals surface area contributed by atoms with Crippen molar-refractivity contribution in [1.82, 2.24) is 14.5 Å². The largest absolute Gasteiger partial charge is 0.329 e. The summed E-state index contributed by atoms with van der Waals surface area (Å²) in [5, 5.41) is 13.7. The quantitative estimate of drug-likeness (QED) is 0.144. The van der Waals surface area contributed by atoms with Gasteiger partial charge in [0.2, 0.25) is 0 Å². The minimum Gasteiger partial charge on any atom is -0.329 e. The average Bonchev–Trinajstić information content (AvgIpc) is 2.96. The number of hydrogen-bond donors (Lipinski definition) is 0. The first-order valence-corrected chi connectivity index (χ1v) is 13.8. The van der Waals surface area contributed by atoms with Crippen molar-refractivity contribution in [3.63, 3.8) is 0 Å². The summed E-state index contributed by atoms with van der Waals surface area (Å²) in [6.07, 6.45) is 0.689. The molecule has 1 aromatic heterocycles. The van der Waals surface area contributed by atoms with Gasteiger partial charge in [0, 0.05) is 18.7 Å². The second-order valence-corrected chi connectivity index (χ2v) is 10.8. The van der Waals surface area contributed by atoms with Crippen LogP contribution >= 0.6 is 11.6 Å². The summed E-state index contributed by atoms with van der Waals surface area (Å²) in [7, 11) is 0. The molecule has 5 aromatic rings. The number of hydrogen-bond acceptors (Lipinski definition) is 5. The molecule has 0 aliphatic rings. The van der Waals surface area contributed by atoms with Crippen LogP contribution in [0.25, 0.3) is 27.4 Å². The first-order chi connectivity index (χ1) is 19.7. The Morgan fingerprint density at radius 3 is 2.39 bits per heavy atom. The summed E-state index contributed by atoms with van der Waals surface area (Å²) in [5.74, 6) is 0.293. The van der Waals surface area contributed by atoms with E-state index in [4.69, 9.17) is 16.6 Å². The van der Waals surface area contributed by atoms with Crippen molar-refractivity contribution < 1.29 is 9.72 Å². The van der Waals surface area contributed by atoms with E-state index in [1.165, 1.54) is 18.2 Å². The fourth-order valence-electron chi connectivity index (χ4n) is 4.95. The summed E-state index contributed by atoms with van der Waals surface area (Å²) in [4.78, 5) is 45.3. The van der Waals surface area contributed by atoms with E-state index < -0.39 is 16.9 Å². The van der Waals surface area contributed by atoms with E-state index in [0.717, 1.165) is 10.8 Å². The van der Waals surface area contributed by atoms with Gasteiger partial charge in [-0.15, -0.1) is 0 Å². The lowest BCUT2D eigenvalue weighted by molar-refractivity contribution is -0.384. The van der Waals surface area contributed by atoms with Gasteiger partial charge in [0.25, 0.3) is 17.2 Å². The second-order valence-electron chi connectivity index (χ2n) is 10.4. The number of amides is 1. The van der Waals surface area contributed by atoms with E-state index in [-0.39, 0.29) is 27.8 Å². The minimum absolute atomic E-state index is 0.00987. The highest BCUT2D eigenvalue weighted by Gasteiger charge is 2.29. The first kappa shape index (κ1) is 28.0. The Balaban J connectivity index is 1.69. The van der Waals surface area contributed by atoms with Crippen LogP contribution in [0.5, 0.6) is 0 Å². The van der Waals surface area contributed by atoms with Gasteiger partial charge in [-0.2, -0.15) is 0 Å². The first-order valence-electron chi connectivity index (χ1n) is 13.4.